The molecule has 18 heavy (non-hydrogen) atoms. The molecule has 0 atom stereocenters. The second kappa shape index (κ2) is 5.14. The molecule has 0 aliphatic carbocycles. The Hall–Kier alpha value is -1.94. The summed E-state index contributed by atoms with van der Waals surface area (Å²) in [6, 6.07) is 8.19. The summed E-state index contributed by atoms with van der Waals surface area (Å²) in [7, 11) is 0. The van der Waals surface area contributed by atoms with Crippen molar-refractivity contribution in [1.82, 2.24) is 4.98 Å². The highest BCUT2D eigenvalue weighted by atomic mass is 35.5. The summed E-state index contributed by atoms with van der Waals surface area (Å²) < 4.78 is 13.5. The van der Waals surface area contributed by atoms with Crippen molar-refractivity contribution in [3.05, 3.63) is 53.1 Å². The Kier molecular flexibility index (Phi) is 3.58. The fourth-order valence-corrected chi connectivity index (χ4v) is 1.64. The van der Waals surface area contributed by atoms with Crippen molar-refractivity contribution in [3.63, 3.8) is 0 Å². The number of nitrogens with one attached hydrogen (secondary N) is 1. The van der Waals surface area contributed by atoms with Crippen LogP contribution in [0, 0.1) is 5.82 Å². The van der Waals surface area contributed by atoms with Crippen LogP contribution in [0.15, 0.2) is 36.5 Å². The van der Waals surface area contributed by atoms with Gasteiger partial charge in [-0.25, -0.2) is 9.37 Å². The maximum Gasteiger partial charge on any atom is 0.164 e. The zero-order chi connectivity index (χ0) is 13.1. The normalized spacial score (nSPS) is 10.2. The van der Waals surface area contributed by atoms with Crippen LogP contribution in [0.4, 0.5) is 15.8 Å². The van der Waals surface area contributed by atoms with E-state index in [1.807, 2.05) is 0 Å². The molecule has 0 bridgehead atoms. The number of carbonyl (C=O) groups excluding carboxylic acids is 1. The van der Waals surface area contributed by atoms with Gasteiger partial charge in [0.2, 0.25) is 0 Å². The summed E-state index contributed by atoms with van der Waals surface area (Å²) in [6.07, 6.45) is 1.04. The zero-order valence-electron chi connectivity index (χ0n) is 9.58. The fraction of sp³-hybridized carbons (Fsp3) is 0.0769. The van der Waals surface area contributed by atoms with Gasteiger partial charge in [-0.1, -0.05) is 23.7 Å². The van der Waals surface area contributed by atoms with Crippen LogP contribution >= 0.6 is 11.6 Å². The maximum atomic E-state index is 13.5. The van der Waals surface area contributed by atoms with Crippen LogP contribution in [0.5, 0.6) is 0 Å². The van der Waals surface area contributed by atoms with Gasteiger partial charge in [0.15, 0.2) is 11.6 Å². The zero-order valence-corrected chi connectivity index (χ0v) is 10.3. The molecule has 3 nitrogen and oxygen atoms in total. The third-order valence-electron chi connectivity index (χ3n) is 2.37. The third kappa shape index (κ3) is 2.84. The van der Waals surface area contributed by atoms with Crippen LogP contribution in [0.25, 0.3) is 0 Å². The second-order valence-electron chi connectivity index (χ2n) is 3.75. The molecule has 2 aromatic rings. The summed E-state index contributed by atoms with van der Waals surface area (Å²) in [5.41, 5.74) is 1.39. The maximum absolute atomic E-state index is 13.5. The van der Waals surface area contributed by atoms with Gasteiger partial charge in [-0.3, -0.25) is 4.79 Å². The molecule has 2 rings (SSSR count). The Balaban J connectivity index is 2.31. The average molecular weight is 265 g/mol. The average Bonchev–Trinajstić information content (AvgIpc) is 2.34. The Labute approximate surface area is 109 Å². The van der Waals surface area contributed by atoms with Crippen molar-refractivity contribution in [3.8, 4) is 0 Å². The van der Waals surface area contributed by atoms with Crippen LogP contribution in [0.3, 0.4) is 0 Å². The first kappa shape index (κ1) is 12.5. The first-order chi connectivity index (χ1) is 8.56. The number of pyridine rings is 1. The number of hydrogen-bond donors (Lipinski definition) is 1. The molecule has 1 N–H and O–H groups in total. The van der Waals surface area contributed by atoms with E-state index in [0.29, 0.717) is 11.3 Å². The first-order valence-corrected chi connectivity index (χ1v) is 5.63. The number of halogens is 2. The molecule has 5 heteroatoms. The van der Waals surface area contributed by atoms with Gasteiger partial charge in [0.1, 0.15) is 5.15 Å². The summed E-state index contributed by atoms with van der Waals surface area (Å²) in [5, 5.41) is 3.05. The number of nitrogens with zero attached hydrogens (tertiary/aromatic N) is 1. The molecule has 0 spiro atoms. The highest BCUT2D eigenvalue weighted by Crippen LogP contribution is 2.22. The van der Waals surface area contributed by atoms with Crippen molar-refractivity contribution in [2.45, 2.75) is 6.92 Å². The van der Waals surface area contributed by atoms with Crippen LogP contribution < -0.4 is 5.32 Å². The second-order valence-corrected chi connectivity index (χ2v) is 4.14. The number of rotatable bonds is 3. The molecule has 1 heterocycles. The van der Waals surface area contributed by atoms with E-state index in [1.165, 1.54) is 13.0 Å². The first-order valence-electron chi connectivity index (χ1n) is 5.25. The molecule has 0 unspecified atom stereocenters. The lowest BCUT2D eigenvalue weighted by Crippen LogP contribution is -1.97. The summed E-state index contributed by atoms with van der Waals surface area (Å²) in [5.74, 6) is -0.556. The van der Waals surface area contributed by atoms with E-state index in [4.69, 9.17) is 11.6 Å². The van der Waals surface area contributed by atoms with E-state index in [0.717, 1.165) is 6.20 Å². The number of hydrogen-bond acceptors (Lipinski definition) is 3. The molecule has 0 saturated heterocycles. The summed E-state index contributed by atoms with van der Waals surface area (Å²) >= 11 is 5.69. The minimum atomic E-state index is -0.507. The number of anilines is 2. The highest BCUT2D eigenvalue weighted by Gasteiger charge is 2.05. The largest absolute Gasteiger partial charge is 0.353 e. The van der Waals surface area contributed by atoms with Crippen molar-refractivity contribution < 1.29 is 9.18 Å². The number of carbonyl (C=O) groups is 1. The van der Waals surface area contributed by atoms with Crippen molar-refractivity contribution in [2.24, 2.45) is 0 Å². The Morgan fingerprint density at radius 3 is 2.89 bits per heavy atom. The molecule has 92 valence electrons. The highest BCUT2D eigenvalue weighted by molar-refractivity contribution is 6.29. The van der Waals surface area contributed by atoms with E-state index in [9.17, 15) is 9.18 Å². The van der Waals surface area contributed by atoms with Crippen LogP contribution in [0.1, 0.15) is 17.3 Å². The predicted octanol–water partition coefficient (Wildman–Crippen LogP) is 3.82. The lowest BCUT2D eigenvalue weighted by molar-refractivity contribution is 0.101. The molecule has 0 saturated carbocycles. The Morgan fingerprint density at radius 1 is 1.39 bits per heavy atom. The van der Waals surface area contributed by atoms with Gasteiger partial charge >= 0.3 is 0 Å². The lowest BCUT2D eigenvalue weighted by atomic mass is 10.1. The Bertz CT molecular complexity index is 601. The minimum absolute atomic E-state index is 0.0492. The van der Waals surface area contributed by atoms with Crippen molar-refractivity contribution >= 4 is 28.8 Å². The number of ketones is 1. The third-order valence-corrected chi connectivity index (χ3v) is 2.58. The summed E-state index contributed by atoms with van der Waals surface area (Å²) in [6.45, 7) is 1.48. The SMILES string of the molecule is CC(=O)c1cccc(Nc2cc(Cl)ncc2F)c1. The molecule has 1 aromatic carbocycles. The fourth-order valence-electron chi connectivity index (χ4n) is 1.48. The smallest absolute Gasteiger partial charge is 0.164 e. The monoisotopic (exact) mass is 264 g/mol. The topological polar surface area (TPSA) is 42.0 Å². The molecule has 0 aliphatic heterocycles. The van der Waals surface area contributed by atoms with Gasteiger partial charge < -0.3 is 5.32 Å². The summed E-state index contributed by atoms with van der Waals surface area (Å²) in [4.78, 5) is 14.9. The molecular weight excluding hydrogens is 255 g/mol. The van der Waals surface area contributed by atoms with Crippen LogP contribution in [-0.4, -0.2) is 10.8 Å². The molecule has 0 aliphatic rings. The minimum Gasteiger partial charge on any atom is -0.353 e. The lowest BCUT2D eigenvalue weighted by Gasteiger charge is -2.08. The van der Waals surface area contributed by atoms with Crippen molar-refractivity contribution in [2.75, 3.05) is 5.32 Å². The number of Topliss-reactive ketones (excluding diaryl/α,β-unsaturated/α-hetero) is 1. The molecule has 1 aromatic heterocycles. The van der Waals surface area contributed by atoms with Crippen molar-refractivity contribution in [1.29, 1.82) is 0 Å². The van der Waals surface area contributed by atoms with Gasteiger partial charge in [-0.2, -0.15) is 0 Å². The van der Waals surface area contributed by atoms with Crippen LogP contribution in [0.2, 0.25) is 5.15 Å². The Morgan fingerprint density at radius 2 is 2.17 bits per heavy atom. The van der Waals surface area contributed by atoms with Gasteiger partial charge in [0, 0.05) is 17.3 Å². The standard InChI is InChI=1S/C13H10ClFN2O/c1-8(18)9-3-2-4-10(5-9)17-12-6-13(14)16-7-11(12)15/h2-7H,1H3,(H,16,17). The molecule has 0 amide bonds. The van der Waals surface area contributed by atoms with E-state index >= 15 is 0 Å². The number of benzene rings is 1. The van der Waals surface area contributed by atoms with E-state index in [1.54, 1.807) is 24.3 Å². The number of aromatic nitrogens is 1. The molecule has 0 fully saturated rings. The quantitative estimate of drug-likeness (QED) is 0.677. The van der Waals surface area contributed by atoms with Gasteiger partial charge in [-0.05, 0) is 19.1 Å². The van der Waals surface area contributed by atoms with E-state index < -0.39 is 5.82 Å². The van der Waals surface area contributed by atoms with Crippen LogP contribution in [-0.2, 0) is 0 Å². The van der Waals surface area contributed by atoms with Gasteiger partial charge in [-0.15, -0.1) is 0 Å². The van der Waals surface area contributed by atoms with E-state index in [2.05, 4.69) is 10.3 Å². The molecule has 0 radical (unpaired) electrons. The van der Waals surface area contributed by atoms with Gasteiger partial charge in [0.05, 0.1) is 11.9 Å². The predicted molar refractivity (Wildman–Crippen MR) is 68.9 cm³/mol. The van der Waals surface area contributed by atoms with E-state index in [-0.39, 0.29) is 16.6 Å². The molecular formula is C13H10ClFN2O. The van der Waals surface area contributed by atoms with Gasteiger partial charge in [0.25, 0.3) is 0 Å².